The van der Waals surface area contributed by atoms with Crippen molar-refractivity contribution in [3.63, 3.8) is 0 Å². The van der Waals surface area contributed by atoms with Crippen LogP contribution in [0.25, 0.3) is 0 Å². The van der Waals surface area contributed by atoms with E-state index in [4.69, 9.17) is 4.74 Å². The molecule has 0 aromatic heterocycles. The van der Waals surface area contributed by atoms with Crippen LogP contribution in [0.5, 0.6) is 5.75 Å². The number of hydrogen-bond acceptors (Lipinski definition) is 2. The fourth-order valence-electron chi connectivity index (χ4n) is 3.46. The fourth-order valence-corrected chi connectivity index (χ4v) is 3.99. The molecule has 0 spiro atoms. The molecular weight excluding hydrogens is 290 g/mol. The van der Waals surface area contributed by atoms with Gasteiger partial charge in [-0.25, -0.2) is 0 Å². The second kappa shape index (κ2) is 5.22. The van der Waals surface area contributed by atoms with E-state index in [0.717, 1.165) is 24.7 Å². The van der Waals surface area contributed by atoms with Gasteiger partial charge in [0.2, 0.25) is 0 Å². The number of fused-ring (bicyclic) bond motifs is 1. The van der Waals surface area contributed by atoms with Gasteiger partial charge in [0.1, 0.15) is 5.75 Å². The first kappa shape index (κ1) is 12.5. The van der Waals surface area contributed by atoms with Crippen LogP contribution in [0.15, 0.2) is 16.6 Å². The van der Waals surface area contributed by atoms with Crippen LogP contribution in [0.4, 0.5) is 0 Å². The number of benzene rings is 1. The summed E-state index contributed by atoms with van der Waals surface area (Å²) in [7, 11) is 2.07. The van der Waals surface area contributed by atoms with E-state index in [2.05, 4.69) is 40.4 Å². The van der Waals surface area contributed by atoms with Gasteiger partial charge in [-0.05, 0) is 43.5 Å². The highest BCUT2D eigenvalue weighted by molar-refractivity contribution is 9.10. The Kier molecular flexibility index (Phi) is 3.62. The summed E-state index contributed by atoms with van der Waals surface area (Å²) in [5.41, 5.74) is 2.71. The second-order valence-corrected chi connectivity index (χ2v) is 6.31. The maximum atomic E-state index is 5.87. The third-order valence-corrected chi connectivity index (χ3v) is 4.75. The quantitative estimate of drug-likeness (QED) is 0.916. The third kappa shape index (κ3) is 2.19. The molecule has 0 bridgehead atoms. The zero-order valence-electron chi connectivity index (χ0n) is 10.8. The Morgan fingerprint density at radius 2 is 2.11 bits per heavy atom. The van der Waals surface area contributed by atoms with Crippen molar-refractivity contribution < 1.29 is 4.74 Å². The van der Waals surface area contributed by atoms with Crippen molar-refractivity contribution in [2.24, 2.45) is 5.92 Å². The van der Waals surface area contributed by atoms with E-state index in [1.807, 2.05) is 0 Å². The lowest BCUT2D eigenvalue weighted by molar-refractivity contribution is 0.333. The Bertz CT molecular complexity index is 440. The van der Waals surface area contributed by atoms with Gasteiger partial charge in [-0.1, -0.05) is 28.8 Å². The van der Waals surface area contributed by atoms with Crippen LogP contribution >= 0.6 is 15.9 Å². The largest absolute Gasteiger partial charge is 0.493 e. The number of hydrogen-bond donors (Lipinski definition) is 1. The van der Waals surface area contributed by atoms with Crippen molar-refractivity contribution in [3.8, 4) is 5.75 Å². The lowest BCUT2D eigenvalue weighted by Gasteiger charge is -2.25. The SMILES string of the molecule is CNC(c1cc(Br)cc2c1OCC2)C1CCCC1. The summed E-state index contributed by atoms with van der Waals surface area (Å²) in [5.74, 6) is 1.90. The van der Waals surface area contributed by atoms with E-state index < -0.39 is 0 Å². The van der Waals surface area contributed by atoms with Crippen LogP contribution in [0.1, 0.15) is 42.9 Å². The van der Waals surface area contributed by atoms with Gasteiger partial charge in [-0.2, -0.15) is 0 Å². The summed E-state index contributed by atoms with van der Waals surface area (Å²) in [5, 5.41) is 3.52. The number of halogens is 1. The Morgan fingerprint density at radius 3 is 2.83 bits per heavy atom. The standard InChI is InChI=1S/C15H20BrNO/c1-17-14(10-4-2-3-5-10)13-9-12(16)8-11-6-7-18-15(11)13/h8-10,14,17H,2-7H2,1H3. The predicted octanol–water partition coefficient (Wildman–Crippen LogP) is 3.83. The van der Waals surface area contributed by atoms with Crippen molar-refractivity contribution in [1.82, 2.24) is 5.32 Å². The Morgan fingerprint density at radius 1 is 1.33 bits per heavy atom. The molecule has 1 aromatic carbocycles. The van der Waals surface area contributed by atoms with E-state index in [0.29, 0.717) is 6.04 Å². The molecule has 0 saturated heterocycles. The summed E-state index contributed by atoms with van der Waals surface area (Å²) >= 11 is 3.64. The van der Waals surface area contributed by atoms with Gasteiger partial charge in [0.05, 0.1) is 6.61 Å². The molecule has 1 aliphatic heterocycles. The molecule has 1 aromatic rings. The molecule has 0 amide bonds. The molecule has 2 nitrogen and oxygen atoms in total. The predicted molar refractivity (Wildman–Crippen MR) is 77.1 cm³/mol. The van der Waals surface area contributed by atoms with Crippen molar-refractivity contribution in [2.45, 2.75) is 38.1 Å². The molecule has 98 valence electrons. The smallest absolute Gasteiger partial charge is 0.127 e. The molecule has 1 heterocycles. The van der Waals surface area contributed by atoms with Gasteiger partial charge >= 0.3 is 0 Å². The Hall–Kier alpha value is -0.540. The molecule has 2 aliphatic rings. The van der Waals surface area contributed by atoms with Gasteiger partial charge in [0.25, 0.3) is 0 Å². The zero-order chi connectivity index (χ0) is 12.5. The molecule has 1 saturated carbocycles. The maximum absolute atomic E-state index is 5.87. The second-order valence-electron chi connectivity index (χ2n) is 5.39. The number of ether oxygens (including phenoxy) is 1. The van der Waals surface area contributed by atoms with Crippen molar-refractivity contribution in [3.05, 3.63) is 27.7 Å². The van der Waals surface area contributed by atoms with Crippen LogP contribution in [0.3, 0.4) is 0 Å². The van der Waals surface area contributed by atoms with E-state index in [9.17, 15) is 0 Å². The number of nitrogens with one attached hydrogen (secondary N) is 1. The highest BCUT2D eigenvalue weighted by atomic mass is 79.9. The van der Waals surface area contributed by atoms with Crippen LogP contribution in [0, 0.1) is 5.92 Å². The van der Waals surface area contributed by atoms with Gasteiger partial charge in [0.15, 0.2) is 0 Å². The topological polar surface area (TPSA) is 21.3 Å². The van der Waals surface area contributed by atoms with Crippen LogP contribution in [-0.4, -0.2) is 13.7 Å². The van der Waals surface area contributed by atoms with E-state index in [1.54, 1.807) is 0 Å². The maximum Gasteiger partial charge on any atom is 0.127 e. The monoisotopic (exact) mass is 309 g/mol. The average molecular weight is 310 g/mol. The highest BCUT2D eigenvalue weighted by Crippen LogP contribution is 2.42. The minimum Gasteiger partial charge on any atom is -0.493 e. The molecule has 0 radical (unpaired) electrons. The third-order valence-electron chi connectivity index (χ3n) is 4.29. The van der Waals surface area contributed by atoms with Crippen LogP contribution < -0.4 is 10.1 Å². The van der Waals surface area contributed by atoms with Gasteiger partial charge < -0.3 is 10.1 Å². The Labute approximate surface area is 117 Å². The first-order valence-corrected chi connectivity index (χ1v) is 7.71. The first-order chi connectivity index (χ1) is 8.79. The summed E-state index contributed by atoms with van der Waals surface area (Å²) in [6, 6.07) is 4.88. The molecular formula is C15H20BrNO. The van der Waals surface area contributed by atoms with E-state index in [1.165, 1.54) is 41.3 Å². The zero-order valence-corrected chi connectivity index (χ0v) is 12.4. The first-order valence-electron chi connectivity index (χ1n) is 6.92. The molecule has 1 fully saturated rings. The van der Waals surface area contributed by atoms with Crippen molar-refractivity contribution >= 4 is 15.9 Å². The molecule has 3 rings (SSSR count). The van der Waals surface area contributed by atoms with E-state index >= 15 is 0 Å². The number of rotatable bonds is 3. The molecule has 1 atom stereocenters. The molecule has 1 aliphatic carbocycles. The van der Waals surface area contributed by atoms with Crippen LogP contribution in [0.2, 0.25) is 0 Å². The molecule has 3 heteroatoms. The lowest BCUT2D eigenvalue weighted by Crippen LogP contribution is -2.24. The highest BCUT2D eigenvalue weighted by Gasteiger charge is 2.29. The summed E-state index contributed by atoms with van der Waals surface area (Å²) < 4.78 is 7.05. The minimum atomic E-state index is 0.442. The minimum absolute atomic E-state index is 0.442. The van der Waals surface area contributed by atoms with Gasteiger partial charge in [0, 0.05) is 22.5 Å². The van der Waals surface area contributed by atoms with Gasteiger partial charge in [-0.3, -0.25) is 0 Å². The fraction of sp³-hybridized carbons (Fsp3) is 0.600. The molecule has 1 unspecified atom stereocenters. The normalized spacial score (nSPS) is 20.8. The summed E-state index contributed by atoms with van der Waals surface area (Å²) in [6.45, 7) is 0.833. The molecule has 1 N–H and O–H groups in total. The van der Waals surface area contributed by atoms with Crippen molar-refractivity contribution in [1.29, 1.82) is 0 Å². The van der Waals surface area contributed by atoms with Crippen LogP contribution in [-0.2, 0) is 6.42 Å². The van der Waals surface area contributed by atoms with E-state index in [-0.39, 0.29) is 0 Å². The van der Waals surface area contributed by atoms with Gasteiger partial charge in [-0.15, -0.1) is 0 Å². The van der Waals surface area contributed by atoms with Crippen molar-refractivity contribution in [2.75, 3.05) is 13.7 Å². The molecule has 18 heavy (non-hydrogen) atoms. The Balaban J connectivity index is 1.98. The summed E-state index contributed by atoms with van der Waals surface area (Å²) in [6.07, 6.45) is 6.47. The summed E-state index contributed by atoms with van der Waals surface area (Å²) in [4.78, 5) is 0. The average Bonchev–Trinajstić information content (AvgIpc) is 2.99. The lowest BCUT2D eigenvalue weighted by atomic mass is 9.90.